The van der Waals surface area contributed by atoms with Gasteiger partial charge < -0.3 is 4.98 Å². The Hall–Kier alpha value is -3.20. The van der Waals surface area contributed by atoms with Gasteiger partial charge in [0.2, 0.25) is 0 Å². The molecule has 170 valence electrons. The molecule has 0 aliphatic heterocycles. The number of aromatic amines is 1. The number of rotatable bonds is 5. The van der Waals surface area contributed by atoms with Gasteiger partial charge in [0.25, 0.3) is 0 Å². The van der Waals surface area contributed by atoms with E-state index in [4.69, 9.17) is 0 Å². The highest BCUT2D eigenvalue weighted by atomic mass is 32.2. The Morgan fingerprint density at radius 3 is 2.42 bits per heavy atom. The third-order valence-corrected chi connectivity index (χ3v) is 7.71. The van der Waals surface area contributed by atoms with Gasteiger partial charge in [0.15, 0.2) is 9.84 Å². The van der Waals surface area contributed by atoms with Gasteiger partial charge in [0.1, 0.15) is 10.6 Å². The van der Waals surface area contributed by atoms with Crippen molar-refractivity contribution in [3.63, 3.8) is 0 Å². The van der Waals surface area contributed by atoms with Gasteiger partial charge >= 0.3 is 6.18 Å². The summed E-state index contributed by atoms with van der Waals surface area (Å²) < 4.78 is 65.6. The number of nitrogens with zero attached hydrogens (tertiary/aromatic N) is 2. The van der Waals surface area contributed by atoms with Crippen LogP contribution in [0.1, 0.15) is 36.8 Å². The number of aromatic nitrogens is 3. The van der Waals surface area contributed by atoms with Gasteiger partial charge in [-0.2, -0.15) is 13.2 Å². The maximum Gasteiger partial charge on any atom is 0.417 e. The number of hydrogen-bond donors (Lipinski definition) is 1. The van der Waals surface area contributed by atoms with Crippen LogP contribution in [-0.2, 0) is 16.0 Å². The molecule has 0 radical (unpaired) electrons. The molecule has 9 heteroatoms. The van der Waals surface area contributed by atoms with E-state index >= 15 is 0 Å². The summed E-state index contributed by atoms with van der Waals surface area (Å²) in [7, 11) is -3.72. The lowest BCUT2D eigenvalue weighted by molar-refractivity contribution is -0.137. The lowest BCUT2D eigenvalue weighted by Gasteiger charge is -2.14. The normalized spacial score (nSPS) is 14.7. The summed E-state index contributed by atoms with van der Waals surface area (Å²) >= 11 is 0. The fourth-order valence-electron chi connectivity index (χ4n) is 3.97. The Labute approximate surface area is 188 Å². The smallest absolute Gasteiger partial charge is 0.352 e. The highest BCUT2D eigenvalue weighted by molar-refractivity contribution is 7.91. The molecular weight excluding hydrogens is 451 g/mol. The molecule has 1 aromatic carbocycles. The van der Waals surface area contributed by atoms with Crippen molar-refractivity contribution >= 4 is 20.9 Å². The minimum Gasteiger partial charge on any atom is -0.352 e. The predicted molar refractivity (Wildman–Crippen MR) is 119 cm³/mol. The van der Waals surface area contributed by atoms with E-state index in [1.54, 1.807) is 13.0 Å². The first-order chi connectivity index (χ1) is 15.7. The zero-order valence-electron chi connectivity index (χ0n) is 17.6. The van der Waals surface area contributed by atoms with Crippen molar-refractivity contribution in [2.24, 2.45) is 0 Å². The van der Waals surface area contributed by atoms with Gasteiger partial charge in [0, 0.05) is 18.0 Å². The number of sulfone groups is 1. The molecule has 0 amide bonds. The largest absolute Gasteiger partial charge is 0.417 e. The van der Waals surface area contributed by atoms with Crippen LogP contribution in [0.4, 0.5) is 13.2 Å². The molecule has 0 unspecified atom stereocenters. The van der Waals surface area contributed by atoms with E-state index in [9.17, 15) is 21.6 Å². The third kappa shape index (κ3) is 4.01. The Morgan fingerprint density at radius 2 is 1.79 bits per heavy atom. The molecule has 4 aromatic rings. The molecule has 0 saturated heterocycles. The summed E-state index contributed by atoms with van der Waals surface area (Å²) in [5.41, 5.74) is 2.49. The van der Waals surface area contributed by atoms with Gasteiger partial charge in [-0.15, -0.1) is 0 Å². The molecule has 1 aliphatic carbocycles. The summed E-state index contributed by atoms with van der Waals surface area (Å²) in [6, 6.07) is 12.0. The first-order valence-electron chi connectivity index (χ1n) is 10.6. The van der Waals surface area contributed by atoms with Crippen molar-refractivity contribution in [3.05, 3.63) is 66.0 Å². The number of alkyl halides is 3. The van der Waals surface area contributed by atoms with Crippen LogP contribution in [0.3, 0.4) is 0 Å². The number of benzene rings is 1. The fraction of sp³-hybridized carbons (Fsp3) is 0.250. The average molecular weight is 472 g/mol. The van der Waals surface area contributed by atoms with Crippen LogP contribution >= 0.6 is 0 Å². The second-order valence-electron chi connectivity index (χ2n) is 8.17. The summed E-state index contributed by atoms with van der Waals surface area (Å²) in [6.45, 7) is 1.55. The molecule has 5 nitrogen and oxygen atoms in total. The van der Waals surface area contributed by atoms with E-state index in [1.807, 2.05) is 24.3 Å². The third-order valence-electron chi connectivity index (χ3n) is 5.92. The monoisotopic (exact) mass is 471 g/mol. The van der Waals surface area contributed by atoms with E-state index in [1.165, 1.54) is 30.7 Å². The van der Waals surface area contributed by atoms with Crippen molar-refractivity contribution in [2.75, 3.05) is 5.75 Å². The van der Waals surface area contributed by atoms with Crippen molar-refractivity contribution in [1.29, 1.82) is 0 Å². The maximum atomic E-state index is 13.2. The van der Waals surface area contributed by atoms with Gasteiger partial charge in [-0.05, 0) is 48.1 Å². The van der Waals surface area contributed by atoms with Crippen molar-refractivity contribution in [3.8, 4) is 22.5 Å². The number of hydrogen-bond acceptors (Lipinski definition) is 4. The van der Waals surface area contributed by atoms with Crippen molar-refractivity contribution in [1.82, 2.24) is 15.0 Å². The van der Waals surface area contributed by atoms with Crippen LogP contribution in [0, 0.1) is 0 Å². The molecule has 0 spiro atoms. The van der Waals surface area contributed by atoms with E-state index < -0.39 is 21.6 Å². The quantitative estimate of drug-likeness (QED) is 0.388. The molecule has 3 aromatic heterocycles. The molecule has 33 heavy (non-hydrogen) atoms. The van der Waals surface area contributed by atoms with Gasteiger partial charge in [0.05, 0.1) is 28.0 Å². The summed E-state index contributed by atoms with van der Waals surface area (Å²) in [4.78, 5) is 11.1. The summed E-state index contributed by atoms with van der Waals surface area (Å²) in [5, 5.41) is 0. The van der Waals surface area contributed by atoms with Crippen molar-refractivity contribution < 1.29 is 21.6 Å². The van der Waals surface area contributed by atoms with Crippen LogP contribution < -0.4 is 0 Å². The van der Waals surface area contributed by atoms with E-state index in [-0.39, 0.29) is 21.9 Å². The Morgan fingerprint density at radius 1 is 1.06 bits per heavy atom. The molecule has 1 aliphatic rings. The number of halogens is 3. The zero-order valence-corrected chi connectivity index (χ0v) is 18.5. The molecular formula is C24H20F3N3O2S. The van der Waals surface area contributed by atoms with Crippen molar-refractivity contribution in [2.45, 2.75) is 36.8 Å². The second-order valence-corrected chi connectivity index (χ2v) is 10.4. The molecule has 5 rings (SSSR count). The second kappa shape index (κ2) is 7.69. The van der Waals surface area contributed by atoms with Crippen LogP contribution in [0.2, 0.25) is 0 Å². The van der Waals surface area contributed by atoms with Gasteiger partial charge in [-0.1, -0.05) is 31.2 Å². The predicted octanol–water partition coefficient (Wildman–Crippen LogP) is 5.98. The molecule has 1 saturated carbocycles. The Bertz CT molecular complexity index is 1450. The molecule has 0 atom stereocenters. The van der Waals surface area contributed by atoms with Gasteiger partial charge in [-0.3, -0.25) is 9.97 Å². The Kier molecular flexibility index (Phi) is 5.04. The van der Waals surface area contributed by atoms with Crippen LogP contribution in [-0.4, -0.2) is 29.1 Å². The average Bonchev–Trinajstić information content (AvgIpc) is 3.56. The minimum absolute atomic E-state index is 0.0503. The molecule has 1 N–H and O–H groups in total. The van der Waals surface area contributed by atoms with Crippen LogP contribution in [0.25, 0.3) is 33.5 Å². The highest BCUT2D eigenvalue weighted by Crippen LogP contribution is 2.41. The lowest BCUT2D eigenvalue weighted by Crippen LogP contribution is -2.09. The molecule has 0 bridgehead atoms. The molecule has 1 fully saturated rings. The lowest BCUT2D eigenvalue weighted by atomic mass is 10.0. The number of H-pyrrole nitrogens is 1. The minimum atomic E-state index is -4.53. The summed E-state index contributed by atoms with van der Waals surface area (Å²) in [5.74, 6) is 0.432. The topological polar surface area (TPSA) is 75.7 Å². The van der Waals surface area contributed by atoms with E-state index in [2.05, 4.69) is 15.0 Å². The summed E-state index contributed by atoms with van der Waals surface area (Å²) in [6.07, 6.45) is 0.0640. The Balaban J connectivity index is 1.68. The number of nitrogens with one attached hydrogen (secondary N) is 1. The number of fused-ring (bicyclic) bond motifs is 1. The van der Waals surface area contributed by atoms with E-state index in [0.29, 0.717) is 22.7 Å². The fourth-order valence-corrected chi connectivity index (χ4v) is 5.24. The first-order valence-corrected chi connectivity index (χ1v) is 12.2. The standard InChI is InChI=1S/C24H20F3N3O2S/c1-2-33(31,32)23-18(16-7-5-15(6-8-16)14-3-4-14)9-10-28-22(23)21-12-19-20(30-21)11-17(13-29-19)24(25,26)27/h5-14,30H,2-4H2,1H3. The SMILES string of the molecule is CCS(=O)(=O)c1c(-c2ccc(C3CC3)cc2)ccnc1-c1cc2ncc(C(F)(F)F)cc2[nH]1. The maximum absolute atomic E-state index is 13.2. The highest BCUT2D eigenvalue weighted by Gasteiger charge is 2.32. The van der Waals surface area contributed by atoms with E-state index in [0.717, 1.165) is 17.8 Å². The number of pyridine rings is 2. The van der Waals surface area contributed by atoms with Crippen LogP contribution in [0.15, 0.2) is 59.8 Å². The molecule has 3 heterocycles. The zero-order chi connectivity index (χ0) is 23.4. The first kappa shape index (κ1) is 21.6. The van der Waals surface area contributed by atoms with Crippen LogP contribution in [0.5, 0.6) is 0 Å². The van der Waals surface area contributed by atoms with Gasteiger partial charge in [-0.25, -0.2) is 8.42 Å².